The number of carboxylic acid groups (broad SMARTS) is 1. The fraction of sp³-hybridized carbons (Fsp3) is 0.167. The maximum atomic E-state index is 12.5. The second-order valence-electron chi connectivity index (χ2n) is 7.38. The summed E-state index contributed by atoms with van der Waals surface area (Å²) < 4.78 is 0. The third-order valence-corrected chi connectivity index (χ3v) is 4.75. The van der Waals surface area contributed by atoms with Gasteiger partial charge in [0.2, 0.25) is 5.91 Å². The SMILES string of the molecule is O=C(O)CCc1cccnc1NC(=O)CNC(=O)c1cccc(NC(=O)NCc2ccncc2)c1. The molecule has 4 amide bonds. The molecule has 0 bridgehead atoms. The van der Waals surface area contributed by atoms with Crippen LogP contribution in [0.2, 0.25) is 0 Å². The molecular weight excluding hydrogens is 452 g/mol. The summed E-state index contributed by atoms with van der Waals surface area (Å²) in [5.41, 5.74) is 2.13. The molecular formula is C24H24N6O5. The van der Waals surface area contributed by atoms with Crippen LogP contribution < -0.4 is 21.3 Å². The number of hydrogen-bond acceptors (Lipinski definition) is 6. The highest BCUT2D eigenvalue weighted by Crippen LogP contribution is 2.14. The average Bonchev–Trinajstić information content (AvgIpc) is 2.86. The molecule has 2 aromatic heterocycles. The predicted molar refractivity (Wildman–Crippen MR) is 128 cm³/mol. The van der Waals surface area contributed by atoms with Crippen LogP contribution in [0.1, 0.15) is 27.9 Å². The summed E-state index contributed by atoms with van der Waals surface area (Å²) >= 11 is 0. The summed E-state index contributed by atoms with van der Waals surface area (Å²) in [6.45, 7) is -0.00418. The molecule has 0 aliphatic carbocycles. The van der Waals surface area contributed by atoms with E-state index in [1.54, 1.807) is 54.9 Å². The van der Waals surface area contributed by atoms with E-state index in [0.29, 0.717) is 17.8 Å². The Labute approximate surface area is 201 Å². The Bertz CT molecular complexity index is 1200. The smallest absolute Gasteiger partial charge is 0.319 e. The lowest BCUT2D eigenvalue weighted by Crippen LogP contribution is -2.33. The second kappa shape index (κ2) is 12.4. The zero-order valence-corrected chi connectivity index (χ0v) is 18.7. The van der Waals surface area contributed by atoms with Crippen molar-refractivity contribution in [1.82, 2.24) is 20.6 Å². The van der Waals surface area contributed by atoms with Crippen LogP contribution in [0, 0.1) is 0 Å². The Hall–Kier alpha value is -4.80. The van der Waals surface area contributed by atoms with Gasteiger partial charge in [0.05, 0.1) is 6.54 Å². The van der Waals surface area contributed by atoms with Gasteiger partial charge in [-0.2, -0.15) is 0 Å². The topological polar surface area (TPSA) is 162 Å². The van der Waals surface area contributed by atoms with Gasteiger partial charge >= 0.3 is 12.0 Å². The fourth-order valence-corrected chi connectivity index (χ4v) is 3.03. The molecule has 0 saturated heterocycles. The standard InChI is InChI=1S/C24H24N6O5/c31-20(30-22-17(4-2-10-26-22)6-7-21(32)33)15-27-23(34)18-3-1-5-19(13-18)29-24(35)28-14-16-8-11-25-12-9-16/h1-5,8-13H,6-7,14-15H2,(H,27,34)(H,32,33)(H,26,30,31)(H2,28,29,35). The second-order valence-corrected chi connectivity index (χ2v) is 7.38. The number of benzene rings is 1. The number of urea groups is 1. The van der Waals surface area contributed by atoms with Crippen molar-refractivity contribution in [3.05, 3.63) is 83.8 Å². The third-order valence-electron chi connectivity index (χ3n) is 4.75. The normalized spacial score (nSPS) is 10.2. The lowest BCUT2D eigenvalue weighted by Gasteiger charge is -2.11. The van der Waals surface area contributed by atoms with Gasteiger partial charge in [-0.15, -0.1) is 0 Å². The Morgan fingerprint density at radius 1 is 0.886 bits per heavy atom. The Morgan fingerprint density at radius 3 is 2.46 bits per heavy atom. The summed E-state index contributed by atoms with van der Waals surface area (Å²) in [7, 11) is 0. The van der Waals surface area contributed by atoms with Gasteiger partial charge < -0.3 is 26.4 Å². The Kier molecular flexibility index (Phi) is 8.83. The minimum absolute atomic E-state index is 0.0998. The summed E-state index contributed by atoms with van der Waals surface area (Å²) in [5, 5.41) is 19.3. The summed E-state index contributed by atoms with van der Waals surface area (Å²) in [5.74, 6) is -1.73. The van der Waals surface area contributed by atoms with E-state index in [0.717, 1.165) is 5.56 Å². The van der Waals surface area contributed by atoms with Crippen molar-refractivity contribution in [3.63, 3.8) is 0 Å². The number of hydrogen-bond donors (Lipinski definition) is 5. The monoisotopic (exact) mass is 476 g/mol. The highest BCUT2D eigenvalue weighted by Gasteiger charge is 2.12. The first kappa shape index (κ1) is 24.8. The van der Waals surface area contributed by atoms with Gasteiger partial charge in [-0.05, 0) is 53.9 Å². The summed E-state index contributed by atoms with van der Waals surface area (Å²) in [6.07, 6.45) is 4.85. The number of aryl methyl sites for hydroxylation is 1. The number of pyridine rings is 2. The number of carboxylic acids is 1. The quantitative estimate of drug-likeness (QED) is 0.299. The van der Waals surface area contributed by atoms with Crippen molar-refractivity contribution in [3.8, 4) is 0 Å². The van der Waals surface area contributed by atoms with Gasteiger partial charge in [0.25, 0.3) is 5.91 Å². The number of rotatable bonds is 10. The number of carbonyl (C=O) groups is 4. The van der Waals surface area contributed by atoms with E-state index in [1.807, 2.05) is 0 Å². The lowest BCUT2D eigenvalue weighted by molar-refractivity contribution is -0.137. The van der Waals surface area contributed by atoms with E-state index >= 15 is 0 Å². The first-order chi connectivity index (χ1) is 16.9. The average molecular weight is 476 g/mol. The number of aliphatic carboxylic acids is 1. The van der Waals surface area contributed by atoms with Crippen molar-refractivity contribution in [2.24, 2.45) is 0 Å². The largest absolute Gasteiger partial charge is 0.481 e. The van der Waals surface area contributed by atoms with Gasteiger partial charge in [-0.3, -0.25) is 19.4 Å². The van der Waals surface area contributed by atoms with Gasteiger partial charge in [0.1, 0.15) is 5.82 Å². The summed E-state index contributed by atoms with van der Waals surface area (Å²) in [4.78, 5) is 55.7. The molecule has 35 heavy (non-hydrogen) atoms. The Balaban J connectivity index is 1.49. The third kappa shape index (κ3) is 8.24. The molecule has 11 nitrogen and oxygen atoms in total. The van der Waals surface area contributed by atoms with E-state index in [2.05, 4.69) is 31.2 Å². The molecule has 0 saturated carbocycles. The number of nitrogens with one attached hydrogen (secondary N) is 4. The predicted octanol–water partition coefficient (Wildman–Crippen LogP) is 2.18. The van der Waals surface area contributed by atoms with Crippen LogP contribution >= 0.6 is 0 Å². The van der Waals surface area contributed by atoms with Gasteiger partial charge in [-0.1, -0.05) is 12.1 Å². The molecule has 2 heterocycles. The summed E-state index contributed by atoms with van der Waals surface area (Å²) in [6, 6.07) is 12.7. The molecule has 180 valence electrons. The number of anilines is 2. The van der Waals surface area contributed by atoms with Crippen molar-refractivity contribution >= 4 is 35.3 Å². The molecule has 0 atom stereocenters. The molecule has 5 N–H and O–H groups in total. The van der Waals surface area contributed by atoms with Crippen LogP contribution in [0.3, 0.4) is 0 Å². The molecule has 0 aliphatic rings. The van der Waals surface area contributed by atoms with Gasteiger partial charge in [0.15, 0.2) is 0 Å². The maximum absolute atomic E-state index is 12.5. The van der Waals surface area contributed by atoms with Crippen LogP contribution in [0.25, 0.3) is 0 Å². The zero-order valence-electron chi connectivity index (χ0n) is 18.7. The lowest BCUT2D eigenvalue weighted by atomic mass is 10.1. The van der Waals surface area contributed by atoms with Crippen LogP contribution in [0.4, 0.5) is 16.3 Å². The van der Waals surface area contributed by atoms with Crippen LogP contribution in [-0.4, -0.2) is 45.4 Å². The molecule has 0 unspecified atom stereocenters. The molecule has 11 heteroatoms. The number of carbonyl (C=O) groups excluding carboxylic acids is 3. The first-order valence-corrected chi connectivity index (χ1v) is 10.7. The van der Waals surface area contributed by atoms with E-state index in [-0.39, 0.29) is 30.8 Å². The van der Waals surface area contributed by atoms with Crippen molar-refractivity contribution in [1.29, 1.82) is 0 Å². The highest BCUT2D eigenvalue weighted by atomic mass is 16.4. The maximum Gasteiger partial charge on any atom is 0.319 e. The zero-order chi connectivity index (χ0) is 25.0. The number of amides is 4. The van der Waals surface area contributed by atoms with Crippen molar-refractivity contribution in [2.45, 2.75) is 19.4 Å². The Morgan fingerprint density at radius 2 is 1.69 bits per heavy atom. The van der Waals surface area contributed by atoms with E-state index < -0.39 is 23.8 Å². The van der Waals surface area contributed by atoms with Gasteiger partial charge in [0, 0.05) is 42.8 Å². The molecule has 3 aromatic rings. The molecule has 0 spiro atoms. The molecule has 1 aromatic carbocycles. The van der Waals surface area contributed by atoms with Crippen molar-refractivity contribution < 1.29 is 24.3 Å². The molecule has 0 aliphatic heterocycles. The highest BCUT2D eigenvalue weighted by molar-refractivity contribution is 6.00. The molecule has 0 fully saturated rings. The van der Waals surface area contributed by atoms with Crippen LogP contribution in [0.5, 0.6) is 0 Å². The molecule has 3 rings (SSSR count). The van der Waals surface area contributed by atoms with E-state index in [4.69, 9.17) is 5.11 Å². The van der Waals surface area contributed by atoms with E-state index in [9.17, 15) is 19.2 Å². The van der Waals surface area contributed by atoms with Crippen molar-refractivity contribution in [2.75, 3.05) is 17.2 Å². The fourth-order valence-electron chi connectivity index (χ4n) is 3.03. The van der Waals surface area contributed by atoms with Crippen LogP contribution in [0.15, 0.2) is 67.1 Å². The number of aromatic nitrogens is 2. The number of nitrogens with zero attached hydrogens (tertiary/aromatic N) is 2. The minimum Gasteiger partial charge on any atom is -0.481 e. The molecule has 0 radical (unpaired) electrons. The first-order valence-electron chi connectivity index (χ1n) is 10.7. The van der Waals surface area contributed by atoms with Crippen LogP contribution in [-0.2, 0) is 22.6 Å². The van der Waals surface area contributed by atoms with E-state index in [1.165, 1.54) is 12.3 Å². The van der Waals surface area contributed by atoms with Gasteiger partial charge in [-0.25, -0.2) is 9.78 Å². The minimum atomic E-state index is -0.957.